The molecule has 8 heteroatoms. The second-order valence-corrected chi connectivity index (χ2v) is 6.75. The summed E-state index contributed by atoms with van der Waals surface area (Å²) in [5.41, 5.74) is 2.49. The molecule has 2 heterocycles. The predicted molar refractivity (Wildman–Crippen MR) is 108 cm³/mol. The van der Waals surface area contributed by atoms with Gasteiger partial charge in [0, 0.05) is 47.9 Å². The molecule has 2 N–H and O–H groups in total. The van der Waals surface area contributed by atoms with Gasteiger partial charge in [-0.05, 0) is 37.1 Å². The van der Waals surface area contributed by atoms with Gasteiger partial charge in [-0.3, -0.25) is 15.1 Å². The molecule has 0 unspecified atom stereocenters. The number of nitro benzene ring substituents is 1. The lowest BCUT2D eigenvalue weighted by Gasteiger charge is -2.15. The van der Waals surface area contributed by atoms with Crippen molar-refractivity contribution in [2.24, 2.45) is 0 Å². The van der Waals surface area contributed by atoms with Crippen LogP contribution in [0.15, 0.2) is 54.9 Å². The molecule has 142 valence electrons. The minimum Gasteiger partial charge on any atom is -0.351 e. The number of hydrogen-bond donors (Lipinski definition) is 2. The summed E-state index contributed by atoms with van der Waals surface area (Å²) in [6.45, 7) is 0. The molecule has 1 aromatic carbocycles. The molecule has 0 spiro atoms. The van der Waals surface area contributed by atoms with Gasteiger partial charge in [-0.2, -0.15) is 4.98 Å². The number of rotatable bonds is 6. The SMILES string of the molecule is O=[N+]([O-])c1ccc(Nc2cc(-c3ccncc3)nc(NC3CCCC3)n2)cc1. The molecule has 1 saturated carbocycles. The topological polar surface area (TPSA) is 106 Å². The van der Waals surface area contributed by atoms with Gasteiger partial charge >= 0.3 is 0 Å². The third-order valence-corrected chi connectivity index (χ3v) is 4.74. The summed E-state index contributed by atoms with van der Waals surface area (Å²) in [7, 11) is 0. The van der Waals surface area contributed by atoms with Crippen LogP contribution in [0.5, 0.6) is 0 Å². The number of nitrogens with one attached hydrogen (secondary N) is 2. The number of nitrogens with zero attached hydrogens (tertiary/aromatic N) is 4. The Morgan fingerprint density at radius 3 is 2.39 bits per heavy atom. The van der Waals surface area contributed by atoms with Gasteiger partial charge in [-0.15, -0.1) is 0 Å². The van der Waals surface area contributed by atoms with E-state index < -0.39 is 4.92 Å². The number of nitro groups is 1. The number of anilines is 3. The van der Waals surface area contributed by atoms with E-state index in [1.807, 2.05) is 18.2 Å². The largest absolute Gasteiger partial charge is 0.351 e. The van der Waals surface area contributed by atoms with Gasteiger partial charge in [0.05, 0.1) is 10.6 Å². The Morgan fingerprint density at radius 1 is 1.00 bits per heavy atom. The van der Waals surface area contributed by atoms with Crippen LogP contribution in [0.4, 0.5) is 23.1 Å². The highest BCUT2D eigenvalue weighted by molar-refractivity contribution is 5.67. The first-order chi connectivity index (χ1) is 13.7. The van der Waals surface area contributed by atoms with Crippen LogP contribution in [0, 0.1) is 10.1 Å². The Kier molecular flexibility index (Phi) is 5.09. The standard InChI is InChI=1S/C20H20N6O2/c27-26(28)17-7-5-16(6-8-17)22-19-13-18(14-9-11-21-12-10-14)24-20(25-19)23-15-3-1-2-4-15/h5-13,15H,1-4H2,(H2,22,23,24,25). The van der Waals surface area contributed by atoms with E-state index in [9.17, 15) is 10.1 Å². The van der Waals surface area contributed by atoms with Crippen LogP contribution in [0.25, 0.3) is 11.3 Å². The van der Waals surface area contributed by atoms with E-state index in [4.69, 9.17) is 0 Å². The maximum atomic E-state index is 10.8. The van der Waals surface area contributed by atoms with Crippen LogP contribution in [0.3, 0.4) is 0 Å². The lowest BCUT2D eigenvalue weighted by atomic mass is 10.2. The second kappa shape index (κ2) is 7.99. The van der Waals surface area contributed by atoms with Gasteiger partial charge in [0.15, 0.2) is 0 Å². The monoisotopic (exact) mass is 376 g/mol. The van der Waals surface area contributed by atoms with E-state index in [1.165, 1.54) is 25.0 Å². The normalized spacial score (nSPS) is 14.0. The molecule has 1 fully saturated rings. The molecular weight excluding hydrogens is 356 g/mol. The number of pyridine rings is 1. The van der Waals surface area contributed by atoms with E-state index in [-0.39, 0.29) is 5.69 Å². The Balaban J connectivity index is 1.63. The minimum absolute atomic E-state index is 0.0503. The summed E-state index contributed by atoms with van der Waals surface area (Å²) in [4.78, 5) is 23.7. The molecule has 4 rings (SSSR count). The van der Waals surface area contributed by atoms with E-state index in [1.54, 1.807) is 24.5 Å². The third kappa shape index (κ3) is 4.22. The fourth-order valence-corrected chi connectivity index (χ4v) is 3.31. The van der Waals surface area contributed by atoms with Crippen LogP contribution in [-0.2, 0) is 0 Å². The molecule has 8 nitrogen and oxygen atoms in total. The molecular formula is C20H20N6O2. The van der Waals surface area contributed by atoms with E-state index in [0.29, 0.717) is 17.8 Å². The Hall–Kier alpha value is -3.55. The summed E-state index contributed by atoms with van der Waals surface area (Å²) in [5.74, 6) is 1.20. The maximum Gasteiger partial charge on any atom is 0.269 e. The predicted octanol–water partition coefficient (Wildman–Crippen LogP) is 4.54. The number of non-ortho nitro benzene ring substituents is 1. The Bertz CT molecular complexity index is 956. The van der Waals surface area contributed by atoms with E-state index in [2.05, 4.69) is 25.6 Å². The number of benzene rings is 1. The van der Waals surface area contributed by atoms with Crippen molar-refractivity contribution in [2.45, 2.75) is 31.7 Å². The molecule has 3 aromatic rings. The molecule has 0 bridgehead atoms. The second-order valence-electron chi connectivity index (χ2n) is 6.75. The maximum absolute atomic E-state index is 10.8. The molecule has 0 amide bonds. The van der Waals surface area contributed by atoms with Crippen molar-refractivity contribution in [3.8, 4) is 11.3 Å². The molecule has 0 radical (unpaired) electrons. The Morgan fingerprint density at radius 2 is 1.71 bits per heavy atom. The average molecular weight is 376 g/mol. The van der Waals surface area contributed by atoms with Gasteiger partial charge in [0.25, 0.3) is 5.69 Å². The lowest BCUT2D eigenvalue weighted by molar-refractivity contribution is -0.384. The molecule has 1 aliphatic carbocycles. The number of hydrogen-bond acceptors (Lipinski definition) is 7. The molecule has 2 aromatic heterocycles. The molecule has 1 aliphatic rings. The van der Waals surface area contributed by atoms with E-state index in [0.717, 1.165) is 29.8 Å². The summed E-state index contributed by atoms with van der Waals surface area (Å²) in [6, 6.07) is 12.3. The van der Waals surface area contributed by atoms with Gasteiger partial charge < -0.3 is 10.6 Å². The highest BCUT2D eigenvalue weighted by atomic mass is 16.6. The smallest absolute Gasteiger partial charge is 0.269 e. The summed E-state index contributed by atoms with van der Waals surface area (Å²) in [6.07, 6.45) is 8.13. The average Bonchev–Trinajstić information content (AvgIpc) is 3.22. The molecule has 28 heavy (non-hydrogen) atoms. The lowest BCUT2D eigenvalue weighted by Crippen LogP contribution is -2.17. The number of aromatic nitrogens is 3. The summed E-state index contributed by atoms with van der Waals surface area (Å²) < 4.78 is 0. The van der Waals surface area contributed by atoms with Gasteiger partial charge in [0.2, 0.25) is 5.95 Å². The van der Waals surface area contributed by atoms with Crippen molar-refractivity contribution < 1.29 is 4.92 Å². The fraction of sp³-hybridized carbons (Fsp3) is 0.250. The quantitative estimate of drug-likeness (QED) is 0.480. The Labute approximate surface area is 162 Å². The molecule has 0 atom stereocenters. The zero-order valence-electron chi connectivity index (χ0n) is 15.2. The van der Waals surface area contributed by atoms with Crippen LogP contribution < -0.4 is 10.6 Å². The zero-order valence-corrected chi connectivity index (χ0v) is 15.2. The zero-order chi connectivity index (χ0) is 19.3. The van der Waals surface area contributed by atoms with Crippen LogP contribution in [-0.4, -0.2) is 25.9 Å². The summed E-state index contributed by atoms with van der Waals surface area (Å²) in [5, 5.41) is 17.5. The highest BCUT2D eigenvalue weighted by Gasteiger charge is 2.17. The van der Waals surface area contributed by atoms with Crippen molar-refractivity contribution in [3.05, 3.63) is 65.0 Å². The van der Waals surface area contributed by atoms with Crippen molar-refractivity contribution in [1.29, 1.82) is 0 Å². The van der Waals surface area contributed by atoms with Crippen molar-refractivity contribution in [3.63, 3.8) is 0 Å². The van der Waals surface area contributed by atoms with Crippen LogP contribution >= 0.6 is 0 Å². The first-order valence-electron chi connectivity index (χ1n) is 9.25. The van der Waals surface area contributed by atoms with Crippen LogP contribution in [0.1, 0.15) is 25.7 Å². The molecule has 0 saturated heterocycles. The summed E-state index contributed by atoms with van der Waals surface area (Å²) >= 11 is 0. The highest BCUT2D eigenvalue weighted by Crippen LogP contribution is 2.26. The van der Waals surface area contributed by atoms with Gasteiger partial charge in [-0.1, -0.05) is 12.8 Å². The fourth-order valence-electron chi connectivity index (χ4n) is 3.31. The molecule has 0 aliphatic heterocycles. The van der Waals surface area contributed by atoms with Gasteiger partial charge in [0.1, 0.15) is 5.82 Å². The van der Waals surface area contributed by atoms with Crippen molar-refractivity contribution >= 4 is 23.1 Å². The first-order valence-corrected chi connectivity index (χ1v) is 9.25. The van der Waals surface area contributed by atoms with Gasteiger partial charge in [-0.25, -0.2) is 4.98 Å². The minimum atomic E-state index is -0.417. The van der Waals surface area contributed by atoms with E-state index >= 15 is 0 Å². The van der Waals surface area contributed by atoms with Crippen molar-refractivity contribution in [1.82, 2.24) is 15.0 Å². The first kappa shape index (κ1) is 17.8. The third-order valence-electron chi connectivity index (χ3n) is 4.74. The van der Waals surface area contributed by atoms with Crippen LogP contribution in [0.2, 0.25) is 0 Å². The van der Waals surface area contributed by atoms with Crippen molar-refractivity contribution in [2.75, 3.05) is 10.6 Å².